The predicted molar refractivity (Wildman–Crippen MR) is 51.7 cm³/mol. The Morgan fingerprint density at radius 1 is 1.18 bits per heavy atom. The molecule has 1 aromatic rings. The summed E-state index contributed by atoms with van der Waals surface area (Å²) in [4.78, 5) is 0. The molecule has 0 aromatic heterocycles. The third kappa shape index (κ3) is 3.86. The SMILES string of the molecule is Oc1c(F)cc(CNCC(O)C(F)F)cc1F. The molecule has 0 spiro atoms. The Labute approximate surface area is 94.7 Å². The Hall–Kier alpha value is -1.34. The van der Waals surface area contributed by atoms with Gasteiger partial charge in [0.15, 0.2) is 17.4 Å². The van der Waals surface area contributed by atoms with E-state index in [1.54, 1.807) is 0 Å². The lowest BCUT2D eigenvalue weighted by atomic mass is 10.2. The van der Waals surface area contributed by atoms with Crippen LogP contribution in [-0.4, -0.2) is 29.3 Å². The normalized spacial score (nSPS) is 13.1. The first kappa shape index (κ1) is 13.7. The highest BCUT2D eigenvalue weighted by molar-refractivity contribution is 5.29. The highest BCUT2D eigenvalue weighted by Crippen LogP contribution is 2.21. The first-order valence-electron chi connectivity index (χ1n) is 4.75. The second-order valence-electron chi connectivity index (χ2n) is 3.44. The first-order chi connectivity index (χ1) is 7.91. The van der Waals surface area contributed by atoms with Gasteiger partial charge in [0.1, 0.15) is 6.10 Å². The van der Waals surface area contributed by atoms with Crippen molar-refractivity contribution in [3.63, 3.8) is 0 Å². The molecule has 0 saturated heterocycles. The molecule has 7 heteroatoms. The second-order valence-corrected chi connectivity index (χ2v) is 3.44. The van der Waals surface area contributed by atoms with E-state index in [0.29, 0.717) is 0 Å². The summed E-state index contributed by atoms with van der Waals surface area (Å²) in [5.41, 5.74) is 0.138. The van der Waals surface area contributed by atoms with Crippen molar-refractivity contribution in [2.75, 3.05) is 6.54 Å². The van der Waals surface area contributed by atoms with Crippen LogP contribution in [-0.2, 0) is 6.54 Å². The number of aliphatic hydroxyl groups excluding tert-OH is 1. The molecule has 0 aliphatic rings. The molecule has 96 valence electrons. The highest BCUT2D eigenvalue weighted by Gasteiger charge is 2.16. The van der Waals surface area contributed by atoms with Gasteiger partial charge in [-0.3, -0.25) is 0 Å². The topological polar surface area (TPSA) is 52.5 Å². The van der Waals surface area contributed by atoms with E-state index in [2.05, 4.69) is 5.32 Å². The number of alkyl halides is 2. The van der Waals surface area contributed by atoms with Crippen molar-refractivity contribution in [1.29, 1.82) is 0 Å². The van der Waals surface area contributed by atoms with E-state index in [4.69, 9.17) is 10.2 Å². The Morgan fingerprint density at radius 3 is 2.18 bits per heavy atom. The average Bonchev–Trinajstić information content (AvgIpc) is 2.25. The van der Waals surface area contributed by atoms with E-state index in [1.807, 2.05) is 0 Å². The van der Waals surface area contributed by atoms with Crippen LogP contribution in [0.4, 0.5) is 17.6 Å². The summed E-state index contributed by atoms with van der Waals surface area (Å²) in [6.45, 7) is -0.500. The average molecular weight is 253 g/mol. The largest absolute Gasteiger partial charge is 0.503 e. The monoisotopic (exact) mass is 253 g/mol. The highest BCUT2D eigenvalue weighted by atomic mass is 19.3. The van der Waals surface area contributed by atoms with Crippen LogP contribution < -0.4 is 5.32 Å². The smallest absolute Gasteiger partial charge is 0.265 e. The fraction of sp³-hybridized carbons (Fsp3) is 0.400. The molecule has 3 nitrogen and oxygen atoms in total. The fourth-order valence-corrected chi connectivity index (χ4v) is 1.17. The number of phenolic OH excluding ortho intramolecular Hbond substituents is 1. The molecule has 3 N–H and O–H groups in total. The van der Waals surface area contributed by atoms with E-state index >= 15 is 0 Å². The maximum atomic E-state index is 12.9. The molecule has 0 fully saturated rings. The molecule has 1 unspecified atom stereocenters. The maximum Gasteiger partial charge on any atom is 0.265 e. The molecule has 0 radical (unpaired) electrons. The van der Waals surface area contributed by atoms with Gasteiger partial charge < -0.3 is 15.5 Å². The molecule has 0 aliphatic carbocycles. The summed E-state index contributed by atoms with van der Waals surface area (Å²) in [6.07, 6.45) is -4.71. The van der Waals surface area contributed by atoms with Crippen LogP contribution in [0, 0.1) is 11.6 Å². The molecule has 0 aliphatic heterocycles. The standard InChI is InChI=1S/C10H11F4NO2/c11-6-1-5(2-7(12)9(6)17)3-15-4-8(16)10(13)14/h1-2,8,10,15-17H,3-4H2. The number of rotatable bonds is 5. The minimum absolute atomic E-state index is 0.0993. The number of nitrogens with one attached hydrogen (secondary N) is 1. The second kappa shape index (κ2) is 5.83. The summed E-state index contributed by atoms with van der Waals surface area (Å²) < 4.78 is 49.5. The summed E-state index contributed by atoms with van der Waals surface area (Å²) in [6, 6.07) is 1.75. The molecule has 0 amide bonds. The number of benzene rings is 1. The lowest BCUT2D eigenvalue weighted by molar-refractivity contribution is -0.00341. The van der Waals surface area contributed by atoms with Crippen LogP contribution in [0.25, 0.3) is 0 Å². The van der Waals surface area contributed by atoms with Crippen LogP contribution in [0.15, 0.2) is 12.1 Å². The van der Waals surface area contributed by atoms with Crippen molar-refractivity contribution in [3.05, 3.63) is 29.3 Å². The van der Waals surface area contributed by atoms with Crippen LogP contribution >= 0.6 is 0 Å². The summed E-state index contributed by atoms with van der Waals surface area (Å²) in [5, 5.41) is 20.0. The summed E-state index contributed by atoms with van der Waals surface area (Å²) >= 11 is 0. The fourth-order valence-electron chi connectivity index (χ4n) is 1.17. The molecule has 1 atom stereocenters. The Morgan fingerprint density at radius 2 is 1.71 bits per heavy atom. The first-order valence-corrected chi connectivity index (χ1v) is 4.75. The summed E-state index contributed by atoms with van der Waals surface area (Å²) in [5.74, 6) is -3.34. The van der Waals surface area contributed by atoms with Gasteiger partial charge in [-0.2, -0.15) is 0 Å². The molecule has 1 aromatic carbocycles. The van der Waals surface area contributed by atoms with Crippen molar-refractivity contribution in [2.24, 2.45) is 0 Å². The zero-order chi connectivity index (χ0) is 13.0. The molecular formula is C10H11F4NO2. The number of hydrogen-bond donors (Lipinski definition) is 3. The van der Waals surface area contributed by atoms with Gasteiger partial charge in [-0.1, -0.05) is 0 Å². The Bertz CT molecular complexity index is 364. The third-order valence-electron chi connectivity index (χ3n) is 2.05. The lowest BCUT2D eigenvalue weighted by Gasteiger charge is -2.11. The maximum absolute atomic E-state index is 12.9. The zero-order valence-corrected chi connectivity index (χ0v) is 8.63. The van der Waals surface area contributed by atoms with Crippen LogP contribution in [0.2, 0.25) is 0 Å². The van der Waals surface area contributed by atoms with Gasteiger partial charge in [0.2, 0.25) is 0 Å². The quantitative estimate of drug-likeness (QED) is 0.695. The minimum Gasteiger partial charge on any atom is -0.503 e. The molecule has 0 bridgehead atoms. The van der Waals surface area contributed by atoms with Gasteiger partial charge in [-0.05, 0) is 17.7 Å². The molecule has 0 saturated carbocycles. The minimum atomic E-state index is -2.88. The molecule has 0 heterocycles. The van der Waals surface area contributed by atoms with E-state index in [0.717, 1.165) is 12.1 Å². The van der Waals surface area contributed by atoms with Crippen molar-refractivity contribution in [3.8, 4) is 5.75 Å². The van der Waals surface area contributed by atoms with Crippen LogP contribution in [0.5, 0.6) is 5.75 Å². The van der Waals surface area contributed by atoms with E-state index < -0.39 is 36.5 Å². The van der Waals surface area contributed by atoms with E-state index in [-0.39, 0.29) is 12.1 Å². The van der Waals surface area contributed by atoms with E-state index in [1.165, 1.54) is 0 Å². The number of halogens is 4. The lowest BCUT2D eigenvalue weighted by Crippen LogP contribution is -2.31. The van der Waals surface area contributed by atoms with Gasteiger partial charge in [-0.15, -0.1) is 0 Å². The summed E-state index contributed by atoms with van der Waals surface area (Å²) in [7, 11) is 0. The Kier molecular flexibility index (Phi) is 4.71. The van der Waals surface area contributed by atoms with Crippen LogP contribution in [0.3, 0.4) is 0 Å². The van der Waals surface area contributed by atoms with Crippen molar-refractivity contribution >= 4 is 0 Å². The van der Waals surface area contributed by atoms with Gasteiger partial charge in [-0.25, -0.2) is 17.6 Å². The number of aliphatic hydroxyl groups is 1. The number of phenols is 1. The Balaban J connectivity index is 2.53. The number of hydrogen-bond acceptors (Lipinski definition) is 3. The zero-order valence-electron chi connectivity index (χ0n) is 8.63. The van der Waals surface area contributed by atoms with E-state index in [9.17, 15) is 17.6 Å². The third-order valence-corrected chi connectivity index (χ3v) is 2.05. The van der Waals surface area contributed by atoms with Gasteiger partial charge in [0.25, 0.3) is 6.43 Å². The van der Waals surface area contributed by atoms with Gasteiger partial charge >= 0.3 is 0 Å². The number of aromatic hydroxyl groups is 1. The predicted octanol–water partition coefficient (Wildman–Crippen LogP) is 1.39. The molecular weight excluding hydrogens is 242 g/mol. The van der Waals surface area contributed by atoms with Crippen molar-refractivity contribution < 1.29 is 27.8 Å². The molecule has 1 rings (SSSR count). The van der Waals surface area contributed by atoms with Crippen molar-refractivity contribution in [1.82, 2.24) is 5.32 Å². The van der Waals surface area contributed by atoms with Crippen LogP contribution in [0.1, 0.15) is 5.56 Å². The van der Waals surface area contributed by atoms with Gasteiger partial charge in [0, 0.05) is 13.1 Å². The van der Waals surface area contributed by atoms with Gasteiger partial charge in [0.05, 0.1) is 0 Å². The van der Waals surface area contributed by atoms with Crippen molar-refractivity contribution in [2.45, 2.75) is 19.1 Å². The molecule has 17 heavy (non-hydrogen) atoms.